The fraction of sp³-hybridized carbons (Fsp3) is 0.650. The molecule has 138 valence electrons. The van der Waals surface area contributed by atoms with Crippen LogP contribution in [0.25, 0.3) is 0 Å². The zero-order valence-electron chi connectivity index (χ0n) is 15.1. The van der Waals surface area contributed by atoms with E-state index in [0.717, 1.165) is 45.4 Å². The Labute approximate surface area is 149 Å². The van der Waals surface area contributed by atoms with Crippen LogP contribution in [0.3, 0.4) is 0 Å². The van der Waals surface area contributed by atoms with Crippen molar-refractivity contribution in [1.29, 1.82) is 0 Å². The van der Waals surface area contributed by atoms with Gasteiger partial charge in [-0.05, 0) is 68.8 Å². The number of piperidine rings is 2. The molecule has 2 fully saturated rings. The second-order valence-electron chi connectivity index (χ2n) is 7.31. The Morgan fingerprint density at radius 2 is 1.88 bits per heavy atom. The van der Waals surface area contributed by atoms with E-state index in [1.807, 2.05) is 17.0 Å². The summed E-state index contributed by atoms with van der Waals surface area (Å²) in [4.78, 5) is 16.4. The van der Waals surface area contributed by atoms with Gasteiger partial charge in [0.05, 0.1) is 7.11 Å². The third-order valence-electron chi connectivity index (χ3n) is 5.65. The standard InChI is InChI=1S/C20H29FN2O2/c1-25-20(24)23-13-5-6-17(15-23)19(22-11-3-2-4-12-22)14-16-7-9-18(21)10-8-16/h7-10,17,19H,2-6,11-15H2,1H3. The Morgan fingerprint density at radius 1 is 1.16 bits per heavy atom. The first kappa shape index (κ1) is 18.2. The molecule has 5 heteroatoms. The van der Waals surface area contributed by atoms with Crippen LogP contribution in [-0.2, 0) is 11.2 Å². The second kappa shape index (κ2) is 8.65. The summed E-state index contributed by atoms with van der Waals surface area (Å²) in [7, 11) is 1.45. The van der Waals surface area contributed by atoms with Crippen LogP contribution >= 0.6 is 0 Å². The number of hydrogen-bond donors (Lipinski definition) is 0. The minimum absolute atomic E-state index is 0.187. The molecule has 2 atom stereocenters. The lowest BCUT2D eigenvalue weighted by Gasteiger charge is -2.43. The summed E-state index contributed by atoms with van der Waals surface area (Å²) in [6, 6.07) is 7.28. The van der Waals surface area contributed by atoms with Crippen LogP contribution in [0.1, 0.15) is 37.7 Å². The zero-order chi connectivity index (χ0) is 17.6. The highest BCUT2D eigenvalue weighted by Gasteiger charge is 2.33. The van der Waals surface area contributed by atoms with E-state index in [0.29, 0.717) is 12.0 Å². The third kappa shape index (κ3) is 4.72. The van der Waals surface area contributed by atoms with Crippen molar-refractivity contribution >= 4 is 6.09 Å². The van der Waals surface area contributed by atoms with Crippen molar-refractivity contribution in [3.63, 3.8) is 0 Å². The van der Waals surface area contributed by atoms with Crippen molar-refractivity contribution in [2.75, 3.05) is 33.3 Å². The number of rotatable bonds is 4. The number of benzene rings is 1. The van der Waals surface area contributed by atoms with E-state index >= 15 is 0 Å². The summed E-state index contributed by atoms with van der Waals surface area (Å²) < 4.78 is 18.2. The topological polar surface area (TPSA) is 32.8 Å². The molecule has 0 bridgehead atoms. The first-order valence-electron chi connectivity index (χ1n) is 9.49. The maximum atomic E-state index is 13.2. The summed E-state index contributed by atoms with van der Waals surface area (Å²) in [6.07, 6.45) is 6.65. The molecule has 2 aliphatic rings. The number of nitrogens with zero attached hydrogens (tertiary/aromatic N) is 2. The van der Waals surface area contributed by atoms with Crippen LogP contribution in [0.4, 0.5) is 9.18 Å². The normalized spacial score (nSPS) is 23.3. The molecule has 2 unspecified atom stereocenters. The predicted molar refractivity (Wildman–Crippen MR) is 96.0 cm³/mol. The smallest absolute Gasteiger partial charge is 0.409 e. The van der Waals surface area contributed by atoms with Crippen LogP contribution in [0.2, 0.25) is 0 Å². The van der Waals surface area contributed by atoms with Gasteiger partial charge in [-0.2, -0.15) is 0 Å². The summed E-state index contributed by atoms with van der Waals surface area (Å²) in [5.41, 5.74) is 1.17. The van der Waals surface area contributed by atoms with Gasteiger partial charge in [-0.1, -0.05) is 18.6 Å². The quantitative estimate of drug-likeness (QED) is 0.832. The zero-order valence-corrected chi connectivity index (χ0v) is 15.1. The van der Waals surface area contributed by atoms with Gasteiger partial charge in [-0.25, -0.2) is 9.18 Å². The molecular formula is C20H29FN2O2. The molecule has 4 nitrogen and oxygen atoms in total. The Bertz CT molecular complexity index is 557. The molecular weight excluding hydrogens is 319 g/mol. The van der Waals surface area contributed by atoms with Gasteiger partial charge in [-0.3, -0.25) is 4.90 Å². The lowest BCUT2D eigenvalue weighted by atomic mass is 9.85. The van der Waals surface area contributed by atoms with E-state index < -0.39 is 0 Å². The third-order valence-corrected chi connectivity index (χ3v) is 5.65. The maximum Gasteiger partial charge on any atom is 0.409 e. The highest BCUT2D eigenvalue weighted by molar-refractivity contribution is 5.67. The first-order chi connectivity index (χ1) is 12.2. The van der Waals surface area contributed by atoms with Crippen molar-refractivity contribution in [2.45, 2.75) is 44.6 Å². The van der Waals surface area contributed by atoms with Gasteiger partial charge in [-0.15, -0.1) is 0 Å². The fourth-order valence-corrected chi connectivity index (χ4v) is 4.32. The summed E-state index contributed by atoms with van der Waals surface area (Å²) in [5, 5.41) is 0. The van der Waals surface area contributed by atoms with E-state index in [9.17, 15) is 9.18 Å². The first-order valence-corrected chi connectivity index (χ1v) is 9.49. The Morgan fingerprint density at radius 3 is 2.56 bits per heavy atom. The second-order valence-corrected chi connectivity index (χ2v) is 7.31. The molecule has 2 heterocycles. The number of carbonyl (C=O) groups is 1. The summed E-state index contributed by atoms with van der Waals surface area (Å²) in [6.45, 7) is 3.79. The number of amides is 1. The molecule has 0 aliphatic carbocycles. The minimum atomic E-state index is -0.219. The van der Waals surface area contributed by atoms with Gasteiger partial charge >= 0.3 is 6.09 Å². The van der Waals surface area contributed by atoms with Crippen LogP contribution < -0.4 is 0 Å². The molecule has 0 spiro atoms. The molecule has 0 N–H and O–H groups in total. The van der Waals surface area contributed by atoms with Crippen LogP contribution in [0.5, 0.6) is 0 Å². The highest BCUT2D eigenvalue weighted by Crippen LogP contribution is 2.28. The largest absolute Gasteiger partial charge is 0.453 e. The molecule has 2 saturated heterocycles. The maximum absolute atomic E-state index is 13.2. The highest BCUT2D eigenvalue weighted by atomic mass is 19.1. The van der Waals surface area contributed by atoms with Gasteiger partial charge in [0.2, 0.25) is 0 Å². The van der Waals surface area contributed by atoms with Crippen molar-refractivity contribution in [3.05, 3.63) is 35.6 Å². The van der Waals surface area contributed by atoms with Gasteiger partial charge in [0.15, 0.2) is 0 Å². The summed E-state index contributed by atoms with van der Waals surface area (Å²) >= 11 is 0. The Kier molecular flexibility index (Phi) is 6.29. The lowest BCUT2D eigenvalue weighted by Crippen LogP contribution is -2.51. The van der Waals surface area contributed by atoms with Crippen molar-refractivity contribution in [1.82, 2.24) is 9.80 Å². The van der Waals surface area contributed by atoms with E-state index in [2.05, 4.69) is 4.90 Å². The van der Waals surface area contributed by atoms with Gasteiger partial charge < -0.3 is 9.64 Å². The molecule has 0 saturated carbocycles. The predicted octanol–water partition coefficient (Wildman–Crippen LogP) is 3.70. The average Bonchev–Trinajstić information content (AvgIpc) is 2.67. The van der Waals surface area contributed by atoms with Crippen molar-refractivity contribution < 1.29 is 13.9 Å². The van der Waals surface area contributed by atoms with E-state index in [1.54, 1.807) is 12.1 Å². The molecule has 25 heavy (non-hydrogen) atoms. The SMILES string of the molecule is COC(=O)N1CCCC(C(Cc2ccc(F)cc2)N2CCCCC2)C1. The monoisotopic (exact) mass is 348 g/mol. The lowest BCUT2D eigenvalue weighted by molar-refractivity contribution is 0.0571. The number of hydrogen-bond acceptors (Lipinski definition) is 3. The van der Waals surface area contributed by atoms with E-state index in [-0.39, 0.29) is 11.9 Å². The minimum Gasteiger partial charge on any atom is -0.453 e. The Balaban J connectivity index is 1.75. The van der Waals surface area contributed by atoms with E-state index in [4.69, 9.17) is 4.74 Å². The number of halogens is 1. The molecule has 1 aromatic rings. The average molecular weight is 348 g/mol. The number of likely N-dealkylation sites (tertiary alicyclic amines) is 2. The molecule has 3 rings (SSSR count). The molecule has 1 aromatic carbocycles. The fourth-order valence-electron chi connectivity index (χ4n) is 4.32. The molecule has 1 amide bonds. The van der Waals surface area contributed by atoms with Crippen molar-refractivity contribution in [3.8, 4) is 0 Å². The summed E-state index contributed by atoms with van der Waals surface area (Å²) in [5.74, 6) is 0.254. The van der Waals surface area contributed by atoms with Crippen LogP contribution in [0.15, 0.2) is 24.3 Å². The molecule has 0 aromatic heterocycles. The number of ether oxygens (including phenoxy) is 1. The van der Waals surface area contributed by atoms with Gasteiger partial charge in [0.25, 0.3) is 0 Å². The molecule has 0 radical (unpaired) electrons. The molecule has 2 aliphatic heterocycles. The number of carbonyl (C=O) groups excluding carboxylic acids is 1. The van der Waals surface area contributed by atoms with Gasteiger partial charge in [0, 0.05) is 19.1 Å². The van der Waals surface area contributed by atoms with Crippen molar-refractivity contribution in [2.24, 2.45) is 5.92 Å². The van der Waals surface area contributed by atoms with Crippen LogP contribution in [-0.4, -0.2) is 55.2 Å². The number of methoxy groups -OCH3 is 1. The van der Waals surface area contributed by atoms with Crippen LogP contribution in [0, 0.1) is 11.7 Å². The Hall–Kier alpha value is -1.62. The van der Waals surface area contributed by atoms with E-state index in [1.165, 1.54) is 31.9 Å². The van der Waals surface area contributed by atoms with Gasteiger partial charge in [0.1, 0.15) is 5.82 Å².